The first kappa shape index (κ1) is 32.6. The summed E-state index contributed by atoms with van der Waals surface area (Å²) in [7, 11) is 6.37. The second-order valence-electron chi connectivity index (χ2n) is 9.74. The average Bonchev–Trinajstić information content (AvgIpc) is 3.04. The highest BCUT2D eigenvalue weighted by Crippen LogP contribution is 2.35. The molecule has 0 bridgehead atoms. The monoisotopic (exact) mass is 626 g/mol. The summed E-state index contributed by atoms with van der Waals surface area (Å²) in [6.07, 6.45) is 2.95. The normalized spacial score (nSPS) is 10.2. The lowest BCUT2D eigenvalue weighted by molar-refractivity contribution is 0.356. The molecule has 4 aromatic carbocycles. The third kappa shape index (κ3) is 8.39. The van der Waals surface area contributed by atoms with Gasteiger partial charge in [0, 0.05) is 34.3 Å². The molecule has 232 valence electrons. The van der Waals surface area contributed by atoms with Gasteiger partial charge in [0.15, 0.2) is 23.0 Å². The number of ether oxygens (including phenoxy) is 4. The van der Waals surface area contributed by atoms with Crippen LogP contribution in [-0.2, 0) is 0 Å². The maximum atomic E-state index is 5.93. The van der Waals surface area contributed by atoms with Crippen molar-refractivity contribution in [3.05, 3.63) is 102 Å². The highest BCUT2D eigenvalue weighted by Gasteiger charge is 2.11. The summed E-state index contributed by atoms with van der Waals surface area (Å²) >= 11 is 5.93. The lowest BCUT2D eigenvalue weighted by Gasteiger charge is -2.12. The Hall–Kier alpha value is -5.35. The van der Waals surface area contributed by atoms with Crippen LogP contribution in [0.2, 0.25) is 5.15 Å². The van der Waals surface area contributed by atoms with E-state index in [0.717, 1.165) is 39.0 Å². The van der Waals surface area contributed by atoms with Crippen LogP contribution < -0.4 is 30.0 Å². The van der Waals surface area contributed by atoms with Crippen molar-refractivity contribution in [2.24, 2.45) is 0 Å². The van der Waals surface area contributed by atoms with Gasteiger partial charge in [-0.1, -0.05) is 35.9 Å². The third-order valence-corrected chi connectivity index (χ3v) is 6.86. The molecule has 6 rings (SSSR count). The Labute approximate surface area is 267 Å². The molecule has 0 saturated carbocycles. The Kier molecular flexibility index (Phi) is 11.1. The fraction of sp³-hybridized carbons (Fsp3) is 0.176. The van der Waals surface area contributed by atoms with Gasteiger partial charge in [0.1, 0.15) is 23.6 Å². The topological polar surface area (TPSA) is 127 Å². The van der Waals surface area contributed by atoms with Crippen molar-refractivity contribution in [2.75, 3.05) is 39.5 Å². The standard InChI is InChI=1S/C17H17N3O2.C10H9ClN2O2.C7H9N/c1-11-5-4-6-12(7-11)20-17-13-8-15(21-2)16(22-3)9-14(13)18-10-19-17;1-14-8-3-6-7(4-9(8)15-2)12-5-13-10(6)11;1-6-3-2-4-7(8)5-6/h4-10H,1-3H3,(H,18,19,20);3-5H,1-2H3;2-5H,8H2,1H3. The highest BCUT2D eigenvalue weighted by atomic mass is 35.5. The van der Waals surface area contributed by atoms with E-state index in [0.29, 0.717) is 28.2 Å². The predicted octanol–water partition coefficient (Wildman–Crippen LogP) is 7.58. The number of benzene rings is 4. The molecule has 2 heterocycles. The van der Waals surface area contributed by atoms with Crippen molar-refractivity contribution in [1.29, 1.82) is 0 Å². The number of nitrogens with two attached hydrogens (primary N) is 1. The van der Waals surface area contributed by atoms with Crippen molar-refractivity contribution in [1.82, 2.24) is 19.9 Å². The zero-order chi connectivity index (χ0) is 32.3. The Morgan fingerprint density at radius 2 is 1.11 bits per heavy atom. The van der Waals surface area contributed by atoms with Gasteiger partial charge < -0.3 is 30.0 Å². The number of nitrogens with zero attached hydrogens (tertiary/aromatic N) is 4. The number of hydrogen-bond donors (Lipinski definition) is 2. The summed E-state index contributed by atoms with van der Waals surface area (Å²) < 4.78 is 21.0. The van der Waals surface area contributed by atoms with Crippen LogP contribution in [0.25, 0.3) is 21.8 Å². The number of fused-ring (bicyclic) bond motifs is 2. The Morgan fingerprint density at radius 1 is 0.600 bits per heavy atom. The summed E-state index contributed by atoms with van der Waals surface area (Å²) in [6, 6.07) is 23.2. The molecule has 0 saturated heterocycles. The number of aryl methyl sites for hydroxylation is 2. The van der Waals surface area contributed by atoms with Crippen LogP contribution in [0.1, 0.15) is 11.1 Å². The number of methoxy groups -OCH3 is 4. The average molecular weight is 627 g/mol. The van der Waals surface area contributed by atoms with Crippen molar-refractivity contribution >= 4 is 50.6 Å². The molecular formula is C34H35ClN6O4. The lowest BCUT2D eigenvalue weighted by Crippen LogP contribution is -1.98. The molecule has 10 nitrogen and oxygen atoms in total. The number of hydrogen-bond acceptors (Lipinski definition) is 10. The molecule has 11 heteroatoms. The molecule has 0 aliphatic heterocycles. The molecule has 0 amide bonds. The van der Waals surface area contributed by atoms with Crippen LogP contribution >= 0.6 is 11.6 Å². The molecule has 0 fully saturated rings. The zero-order valence-corrected chi connectivity index (χ0v) is 26.7. The quantitative estimate of drug-likeness (QED) is 0.141. The van der Waals surface area contributed by atoms with Gasteiger partial charge in [-0.25, -0.2) is 19.9 Å². The van der Waals surface area contributed by atoms with E-state index in [9.17, 15) is 0 Å². The van der Waals surface area contributed by atoms with E-state index in [4.69, 9.17) is 36.3 Å². The Bertz CT molecular complexity index is 1890. The van der Waals surface area contributed by atoms with Gasteiger partial charge in [-0.3, -0.25) is 0 Å². The SMILES string of the molecule is COc1cc2ncnc(Cl)c2cc1OC.COc1cc2ncnc(Nc3cccc(C)c3)c2cc1OC.Cc1cccc(N)c1. The first-order valence-electron chi connectivity index (χ1n) is 13.8. The summed E-state index contributed by atoms with van der Waals surface area (Å²) in [4.78, 5) is 16.6. The smallest absolute Gasteiger partial charge is 0.162 e. The molecule has 0 aliphatic carbocycles. The molecular weight excluding hydrogens is 592 g/mol. The molecule has 0 spiro atoms. The van der Waals surface area contributed by atoms with E-state index < -0.39 is 0 Å². The minimum atomic E-state index is 0.404. The predicted molar refractivity (Wildman–Crippen MR) is 180 cm³/mol. The first-order chi connectivity index (χ1) is 21.8. The lowest BCUT2D eigenvalue weighted by atomic mass is 10.2. The van der Waals surface area contributed by atoms with Gasteiger partial charge in [-0.2, -0.15) is 0 Å². The number of anilines is 3. The molecule has 2 aromatic heterocycles. The van der Waals surface area contributed by atoms with Crippen molar-refractivity contribution in [2.45, 2.75) is 13.8 Å². The largest absolute Gasteiger partial charge is 0.493 e. The summed E-state index contributed by atoms with van der Waals surface area (Å²) in [5.74, 6) is 3.27. The van der Waals surface area contributed by atoms with Crippen LogP contribution in [0.4, 0.5) is 17.2 Å². The van der Waals surface area contributed by atoms with E-state index in [1.165, 1.54) is 23.8 Å². The van der Waals surface area contributed by atoms with Crippen molar-refractivity contribution < 1.29 is 18.9 Å². The number of aromatic nitrogens is 4. The Morgan fingerprint density at radius 3 is 1.64 bits per heavy atom. The van der Waals surface area contributed by atoms with Gasteiger partial charge >= 0.3 is 0 Å². The highest BCUT2D eigenvalue weighted by molar-refractivity contribution is 6.34. The first-order valence-corrected chi connectivity index (χ1v) is 14.2. The van der Waals surface area contributed by atoms with Crippen molar-refractivity contribution in [3.63, 3.8) is 0 Å². The Balaban J connectivity index is 0.000000172. The molecule has 0 unspecified atom stereocenters. The van der Waals surface area contributed by atoms with Crippen LogP contribution in [0.5, 0.6) is 23.0 Å². The summed E-state index contributed by atoms with van der Waals surface area (Å²) in [5, 5.41) is 5.36. The number of halogens is 1. The molecule has 0 radical (unpaired) electrons. The van der Waals surface area contributed by atoms with E-state index in [1.54, 1.807) is 40.6 Å². The second-order valence-corrected chi connectivity index (χ2v) is 10.1. The number of nitrogen functional groups attached to an aromatic ring is 1. The van der Waals surface area contributed by atoms with Crippen LogP contribution in [0.15, 0.2) is 85.5 Å². The van der Waals surface area contributed by atoms with Gasteiger partial charge in [0.25, 0.3) is 0 Å². The van der Waals surface area contributed by atoms with Gasteiger partial charge in [0.2, 0.25) is 0 Å². The molecule has 3 N–H and O–H groups in total. The number of nitrogens with one attached hydrogen (secondary N) is 1. The van der Waals surface area contributed by atoms with E-state index in [2.05, 4.69) is 44.3 Å². The second kappa shape index (κ2) is 15.4. The van der Waals surface area contributed by atoms with E-state index >= 15 is 0 Å². The maximum Gasteiger partial charge on any atom is 0.162 e. The fourth-order valence-electron chi connectivity index (χ4n) is 4.36. The van der Waals surface area contributed by atoms with Crippen LogP contribution in [0, 0.1) is 13.8 Å². The van der Waals surface area contributed by atoms with Crippen molar-refractivity contribution in [3.8, 4) is 23.0 Å². The van der Waals surface area contributed by atoms with Crippen LogP contribution in [0.3, 0.4) is 0 Å². The fourth-order valence-corrected chi connectivity index (χ4v) is 4.56. The minimum absolute atomic E-state index is 0.404. The summed E-state index contributed by atoms with van der Waals surface area (Å²) in [5.41, 5.74) is 11.2. The zero-order valence-electron chi connectivity index (χ0n) is 26.0. The summed E-state index contributed by atoms with van der Waals surface area (Å²) in [6.45, 7) is 4.08. The van der Waals surface area contributed by atoms with Gasteiger partial charge in [-0.05, 0) is 61.4 Å². The maximum absolute atomic E-state index is 5.93. The molecule has 0 aliphatic rings. The molecule has 0 atom stereocenters. The van der Waals surface area contributed by atoms with Gasteiger partial charge in [-0.15, -0.1) is 0 Å². The number of rotatable bonds is 6. The molecule has 45 heavy (non-hydrogen) atoms. The van der Waals surface area contributed by atoms with E-state index in [-0.39, 0.29) is 0 Å². The van der Waals surface area contributed by atoms with E-state index in [1.807, 2.05) is 55.5 Å². The third-order valence-electron chi connectivity index (χ3n) is 6.56. The minimum Gasteiger partial charge on any atom is -0.493 e. The van der Waals surface area contributed by atoms with Gasteiger partial charge in [0.05, 0.1) is 39.5 Å². The van der Waals surface area contributed by atoms with Crippen LogP contribution in [-0.4, -0.2) is 48.4 Å². The molecule has 6 aromatic rings.